The smallest absolute Gasteiger partial charge is 0.185 e. The van der Waals surface area contributed by atoms with Crippen molar-refractivity contribution >= 4 is 27.8 Å². The van der Waals surface area contributed by atoms with Gasteiger partial charge in [-0.1, -0.05) is 24.3 Å². The number of rotatable bonds is 7. The van der Waals surface area contributed by atoms with E-state index in [4.69, 9.17) is 4.74 Å². The lowest BCUT2D eigenvalue weighted by Crippen LogP contribution is -2.02. The molecule has 0 aliphatic rings. The zero-order chi connectivity index (χ0) is 20.9. The van der Waals surface area contributed by atoms with Crippen molar-refractivity contribution in [3.63, 3.8) is 0 Å². The van der Waals surface area contributed by atoms with E-state index in [1.807, 2.05) is 88.5 Å². The Kier molecular flexibility index (Phi) is 5.95. The second kappa shape index (κ2) is 8.97. The Morgan fingerprint density at radius 2 is 1.97 bits per heavy atom. The molecule has 4 rings (SSSR count). The first-order chi connectivity index (χ1) is 14.6. The van der Waals surface area contributed by atoms with Crippen LogP contribution in [0, 0.1) is 0 Å². The summed E-state index contributed by atoms with van der Waals surface area (Å²) in [5, 5.41) is 4.30. The highest BCUT2D eigenvalue weighted by atomic mass is 79.9. The number of ether oxygens (including phenoxy) is 1. The minimum absolute atomic E-state index is 0.0441. The summed E-state index contributed by atoms with van der Waals surface area (Å²) in [7, 11) is 1.65. The quantitative estimate of drug-likeness (QED) is 0.273. The Balaban J connectivity index is 1.54. The molecule has 0 saturated heterocycles. The highest BCUT2D eigenvalue weighted by molar-refractivity contribution is 9.10. The molecule has 2 aromatic heterocycles. The standard InChI is InChI=1S/C24H20BrN3O2/c1-30-24-10-8-18(13-20(24)16-28-17-21(25)15-26-28)7-9-23(29)19-5-4-6-22(14-19)27-11-2-3-12-27/h2-15,17H,16H2,1H3/b9-7+. The molecule has 2 heterocycles. The van der Waals surface area contributed by atoms with E-state index >= 15 is 0 Å². The van der Waals surface area contributed by atoms with Gasteiger partial charge in [0, 0.05) is 35.4 Å². The molecule has 4 aromatic rings. The lowest BCUT2D eigenvalue weighted by atomic mass is 10.1. The third-order valence-corrected chi connectivity index (χ3v) is 5.11. The highest BCUT2D eigenvalue weighted by Gasteiger charge is 2.07. The minimum atomic E-state index is -0.0441. The van der Waals surface area contributed by atoms with Crippen LogP contribution in [-0.2, 0) is 6.54 Å². The summed E-state index contributed by atoms with van der Waals surface area (Å²) < 4.78 is 10.2. The van der Waals surface area contributed by atoms with Crippen LogP contribution in [0.5, 0.6) is 5.75 Å². The van der Waals surface area contributed by atoms with Gasteiger partial charge in [-0.3, -0.25) is 9.48 Å². The van der Waals surface area contributed by atoms with Gasteiger partial charge in [-0.05, 0) is 64.0 Å². The van der Waals surface area contributed by atoms with Crippen molar-refractivity contribution in [3.05, 3.63) is 107 Å². The van der Waals surface area contributed by atoms with E-state index in [9.17, 15) is 4.79 Å². The van der Waals surface area contributed by atoms with Gasteiger partial charge in [-0.25, -0.2) is 0 Å². The largest absolute Gasteiger partial charge is 0.496 e. The lowest BCUT2D eigenvalue weighted by molar-refractivity contribution is 0.104. The van der Waals surface area contributed by atoms with Gasteiger partial charge in [0.1, 0.15) is 5.75 Å². The number of benzene rings is 2. The molecule has 0 spiro atoms. The van der Waals surface area contributed by atoms with Crippen molar-refractivity contribution < 1.29 is 9.53 Å². The first-order valence-corrected chi connectivity index (χ1v) is 10.2. The number of methoxy groups -OCH3 is 1. The first-order valence-electron chi connectivity index (χ1n) is 9.43. The molecule has 0 unspecified atom stereocenters. The molecule has 150 valence electrons. The number of nitrogens with zero attached hydrogens (tertiary/aromatic N) is 3. The van der Waals surface area contributed by atoms with Crippen LogP contribution >= 0.6 is 15.9 Å². The number of carbonyl (C=O) groups is 1. The van der Waals surface area contributed by atoms with Crippen LogP contribution in [0.25, 0.3) is 11.8 Å². The number of carbonyl (C=O) groups excluding carboxylic acids is 1. The van der Waals surface area contributed by atoms with Crippen LogP contribution in [0.2, 0.25) is 0 Å². The maximum absolute atomic E-state index is 12.7. The van der Waals surface area contributed by atoms with Gasteiger partial charge in [-0.15, -0.1) is 0 Å². The molecule has 6 heteroatoms. The van der Waals surface area contributed by atoms with E-state index in [0.29, 0.717) is 12.1 Å². The zero-order valence-corrected chi connectivity index (χ0v) is 18.0. The summed E-state index contributed by atoms with van der Waals surface area (Å²) in [5.74, 6) is 0.738. The molecule has 0 aliphatic carbocycles. The maximum Gasteiger partial charge on any atom is 0.185 e. The summed E-state index contributed by atoms with van der Waals surface area (Å²) in [4.78, 5) is 12.7. The van der Waals surface area contributed by atoms with Crippen molar-refractivity contribution in [1.82, 2.24) is 14.3 Å². The molecule has 0 atom stereocenters. The second-order valence-corrected chi connectivity index (χ2v) is 7.68. The van der Waals surface area contributed by atoms with E-state index in [1.165, 1.54) is 0 Å². The number of aromatic nitrogens is 3. The second-order valence-electron chi connectivity index (χ2n) is 6.77. The van der Waals surface area contributed by atoms with E-state index in [0.717, 1.165) is 27.0 Å². The molecule has 0 aliphatic heterocycles. The molecule has 30 heavy (non-hydrogen) atoms. The SMILES string of the molecule is COc1ccc(/C=C/C(=O)c2cccc(-n3cccc3)c2)cc1Cn1cc(Br)cn1. The third-order valence-electron chi connectivity index (χ3n) is 4.70. The monoisotopic (exact) mass is 461 g/mol. The van der Waals surface area contributed by atoms with Crippen LogP contribution in [0.4, 0.5) is 0 Å². The molecule has 0 amide bonds. The number of hydrogen-bond acceptors (Lipinski definition) is 3. The van der Waals surface area contributed by atoms with Gasteiger partial charge >= 0.3 is 0 Å². The van der Waals surface area contributed by atoms with Crippen LogP contribution in [0.3, 0.4) is 0 Å². The van der Waals surface area contributed by atoms with Crippen LogP contribution in [0.15, 0.2) is 89.9 Å². The Hall–Kier alpha value is -3.38. The fourth-order valence-electron chi connectivity index (χ4n) is 3.22. The fraction of sp³-hybridized carbons (Fsp3) is 0.0833. The Labute approximate surface area is 183 Å². The van der Waals surface area contributed by atoms with Crippen molar-refractivity contribution in [2.45, 2.75) is 6.54 Å². The van der Waals surface area contributed by atoms with Crippen molar-refractivity contribution in [3.8, 4) is 11.4 Å². The Morgan fingerprint density at radius 3 is 2.70 bits per heavy atom. The number of allylic oxidation sites excluding steroid dienone is 1. The fourth-order valence-corrected chi connectivity index (χ4v) is 3.55. The van der Waals surface area contributed by atoms with Crippen molar-refractivity contribution in [2.75, 3.05) is 7.11 Å². The van der Waals surface area contributed by atoms with Gasteiger partial charge < -0.3 is 9.30 Å². The van der Waals surface area contributed by atoms with Gasteiger partial charge in [0.2, 0.25) is 0 Å². The normalized spacial score (nSPS) is 11.1. The topological polar surface area (TPSA) is 49.0 Å². The van der Waals surface area contributed by atoms with Gasteiger partial charge in [0.05, 0.1) is 24.3 Å². The predicted octanol–water partition coefficient (Wildman–Crippen LogP) is 5.39. The lowest BCUT2D eigenvalue weighted by Gasteiger charge is -2.10. The van der Waals surface area contributed by atoms with Crippen molar-refractivity contribution in [1.29, 1.82) is 0 Å². The molecule has 5 nitrogen and oxygen atoms in total. The van der Waals surface area contributed by atoms with Gasteiger partial charge in [0.25, 0.3) is 0 Å². The van der Waals surface area contributed by atoms with Gasteiger partial charge in [-0.2, -0.15) is 5.10 Å². The van der Waals surface area contributed by atoms with E-state index < -0.39 is 0 Å². The molecule has 0 N–H and O–H groups in total. The molecular weight excluding hydrogens is 442 g/mol. The van der Waals surface area contributed by atoms with Crippen molar-refractivity contribution in [2.24, 2.45) is 0 Å². The Morgan fingerprint density at radius 1 is 1.13 bits per heavy atom. The van der Waals surface area contributed by atoms with E-state index in [2.05, 4.69) is 21.0 Å². The summed E-state index contributed by atoms with van der Waals surface area (Å²) in [6.07, 6.45) is 11.0. The summed E-state index contributed by atoms with van der Waals surface area (Å²) in [5.41, 5.74) is 3.51. The van der Waals surface area contributed by atoms with Crippen LogP contribution in [-0.4, -0.2) is 27.2 Å². The average molecular weight is 462 g/mol. The maximum atomic E-state index is 12.7. The summed E-state index contributed by atoms with van der Waals surface area (Å²) in [6.45, 7) is 0.573. The number of ketones is 1. The third kappa shape index (κ3) is 4.60. The van der Waals surface area contributed by atoms with Crippen LogP contribution in [0.1, 0.15) is 21.5 Å². The van der Waals surface area contributed by atoms with Crippen LogP contribution < -0.4 is 4.74 Å². The molecule has 0 radical (unpaired) electrons. The van der Waals surface area contributed by atoms with Gasteiger partial charge in [0.15, 0.2) is 5.78 Å². The number of hydrogen-bond donors (Lipinski definition) is 0. The number of halogens is 1. The van der Waals surface area contributed by atoms with E-state index in [-0.39, 0.29) is 5.78 Å². The predicted molar refractivity (Wildman–Crippen MR) is 121 cm³/mol. The molecular formula is C24H20BrN3O2. The molecule has 0 saturated carbocycles. The first kappa shape index (κ1) is 19.9. The zero-order valence-electron chi connectivity index (χ0n) is 16.4. The minimum Gasteiger partial charge on any atom is -0.496 e. The molecule has 0 fully saturated rings. The molecule has 0 bridgehead atoms. The average Bonchev–Trinajstić information content (AvgIpc) is 3.44. The summed E-state index contributed by atoms with van der Waals surface area (Å²) >= 11 is 3.41. The van der Waals surface area contributed by atoms with E-state index in [1.54, 1.807) is 19.4 Å². The highest BCUT2D eigenvalue weighted by Crippen LogP contribution is 2.22. The molecule has 2 aromatic carbocycles. The summed E-state index contributed by atoms with van der Waals surface area (Å²) in [6, 6.07) is 17.3. The Bertz CT molecular complexity index is 1190.